The maximum atomic E-state index is 13.3. The molecule has 0 aromatic heterocycles. The van der Waals surface area contributed by atoms with E-state index in [0.29, 0.717) is 37.6 Å². The Hall–Kier alpha value is -2.45. The molecule has 2 aromatic rings. The Morgan fingerprint density at radius 3 is 2.74 bits per heavy atom. The molecule has 0 bridgehead atoms. The monoisotopic (exact) mass is 465 g/mol. The number of rotatable bonds is 6. The van der Waals surface area contributed by atoms with Gasteiger partial charge < -0.3 is 19.5 Å². The van der Waals surface area contributed by atoms with Crippen LogP contribution in [0.2, 0.25) is 0 Å². The van der Waals surface area contributed by atoms with Gasteiger partial charge in [0.1, 0.15) is 12.4 Å². The summed E-state index contributed by atoms with van der Waals surface area (Å²) in [4.78, 5) is 19.6. The lowest BCUT2D eigenvalue weighted by atomic mass is 10.00. The van der Waals surface area contributed by atoms with E-state index >= 15 is 0 Å². The Morgan fingerprint density at radius 2 is 1.88 bits per heavy atom. The molecule has 0 aliphatic carbocycles. The highest BCUT2D eigenvalue weighted by Gasteiger charge is 2.27. The molecule has 2 aromatic carbocycles. The van der Waals surface area contributed by atoms with Gasteiger partial charge in [-0.15, -0.1) is 0 Å². The molecule has 0 radical (unpaired) electrons. The van der Waals surface area contributed by atoms with Crippen LogP contribution < -0.4 is 4.74 Å². The standard InChI is InChI=1S/C27H35N3O4/c1-20-15-29(10-12-33-20)16-21-6-7-25-26(14-21)34-13-11-30(27(25)32)19-24(31)18-28-9-8-22-4-2-3-5-23(22)17-28/h2-7,14,20,24,31H,8-13,15-19H2,1H3. The molecule has 2 atom stereocenters. The Labute approximate surface area is 201 Å². The number of β-amino-alcohol motifs (C(OH)–C–C–N with tert-alkyl or cyclic N) is 1. The molecule has 0 saturated carbocycles. The highest BCUT2D eigenvalue weighted by atomic mass is 16.5. The Kier molecular flexibility index (Phi) is 7.15. The summed E-state index contributed by atoms with van der Waals surface area (Å²) in [6.45, 7) is 9.04. The Balaban J connectivity index is 1.19. The number of hydrogen-bond acceptors (Lipinski definition) is 6. The quantitative estimate of drug-likeness (QED) is 0.706. The summed E-state index contributed by atoms with van der Waals surface area (Å²) < 4.78 is 11.6. The predicted octanol–water partition coefficient (Wildman–Crippen LogP) is 2.16. The fourth-order valence-electron chi connectivity index (χ4n) is 5.29. The second-order valence-electron chi connectivity index (χ2n) is 9.75. The van der Waals surface area contributed by atoms with Crippen LogP contribution in [0.4, 0.5) is 0 Å². The van der Waals surface area contributed by atoms with Gasteiger partial charge in [0, 0.05) is 45.8 Å². The van der Waals surface area contributed by atoms with Crippen LogP contribution >= 0.6 is 0 Å². The first-order chi connectivity index (χ1) is 16.5. The number of aliphatic hydroxyl groups is 1. The number of carbonyl (C=O) groups is 1. The normalized spacial score (nSPS) is 22.5. The zero-order valence-electron chi connectivity index (χ0n) is 20.0. The van der Waals surface area contributed by atoms with Crippen molar-refractivity contribution in [1.82, 2.24) is 14.7 Å². The summed E-state index contributed by atoms with van der Waals surface area (Å²) in [6.07, 6.45) is 0.642. The number of nitrogens with zero attached hydrogens (tertiary/aromatic N) is 3. The highest BCUT2D eigenvalue weighted by Crippen LogP contribution is 2.26. The van der Waals surface area contributed by atoms with Crippen LogP contribution in [0, 0.1) is 0 Å². The molecular formula is C27H35N3O4. The van der Waals surface area contributed by atoms with E-state index in [-0.39, 0.29) is 12.0 Å². The molecule has 7 heteroatoms. The number of ether oxygens (including phenoxy) is 2. The number of amides is 1. The first-order valence-electron chi connectivity index (χ1n) is 12.4. The number of fused-ring (bicyclic) bond motifs is 2. The Morgan fingerprint density at radius 1 is 1.03 bits per heavy atom. The Bertz CT molecular complexity index is 1010. The number of carbonyl (C=O) groups excluding carboxylic acids is 1. The molecule has 2 unspecified atom stereocenters. The fourth-order valence-corrected chi connectivity index (χ4v) is 5.29. The van der Waals surface area contributed by atoms with Crippen molar-refractivity contribution in [3.8, 4) is 5.75 Å². The van der Waals surface area contributed by atoms with Crippen LogP contribution in [0.3, 0.4) is 0 Å². The molecule has 0 spiro atoms. The summed E-state index contributed by atoms with van der Waals surface area (Å²) in [5.74, 6) is 0.579. The number of aliphatic hydroxyl groups excluding tert-OH is 1. The smallest absolute Gasteiger partial charge is 0.257 e. The number of benzene rings is 2. The lowest BCUT2D eigenvalue weighted by molar-refractivity contribution is -0.0212. The molecule has 1 amide bonds. The number of morpholine rings is 1. The van der Waals surface area contributed by atoms with Crippen LogP contribution in [0.1, 0.15) is 34.0 Å². The fraction of sp³-hybridized carbons (Fsp3) is 0.519. The van der Waals surface area contributed by atoms with Gasteiger partial charge in [0.15, 0.2) is 0 Å². The van der Waals surface area contributed by atoms with Crippen molar-refractivity contribution in [2.24, 2.45) is 0 Å². The molecule has 1 saturated heterocycles. The third-order valence-electron chi connectivity index (χ3n) is 7.02. The molecule has 7 nitrogen and oxygen atoms in total. The molecule has 3 aliphatic heterocycles. The molecule has 1 fully saturated rings. The maximum absolute atomic E-state index is 13.3. The maximum Gasteiger partial charge on any atom is 0.257 e. The van der Waals surface area contributed by atoms with Gasteiger partial charge >= 0.3 is 0 Å². The van der Waals surface area contributed by atoms with E-state index in [1.165, 1.54) is 11.1 Å². The molecule has 3 heterocycles. The van der Waals surface area contributed by atoms with Gasteiger partial charge in [0.05, 0.1) is 30.9 Å². The molecular weight excluding hydrogens is 430 g/mol. The summed E-state index contributed by atoms with van der Waals surface area (Å²) in [7, 11) is 0. The van der Waals surface area contributed by atoms with Gasteiger partial charge in [-0.3, -0.25) is 14.6 Å². The van der Waals surface area contributed by atoms with Gasteiger partial charge in [-0.05, 0) is 42.2 Å². The minimum Gasteiger partial charge on any atom is -0.491 e. The van der Waals surface area contributed by atoms with Crippen molar-refractivity contribution in [2.45, 2.75) is 38.6 Å². The zero-order chi connectivity index (χ0) is 23.5. The van der Waals surface area contributed by atoms with Crippen LogP contribution in [0.15, 0.2) is 42.5 Å². The van der Waals surface area contributed by atoms with E-state index in [2.05, 4.69) is 41.0 Å². The van der Waals surface area contributed by atoms with Crippen molar-refractivity contribution in [3.63, 3.8) is 0 Å². The lowest BCUT2D eigenvalue weighted by Gasteiger charge is -2.32. The highest BCUT2D eigenvalue weighted by molar-refractivity contribution is 5.97. The van der Waals surface area contributed by atoms with Crippen LogP contribution in [-0.2, 0) is 24.2 Å². The van der Waals surface area contributed by atoms with Crippen LogP contribution in [-0.4, -0.2) is 90.4 Å². The van der Waals surface area contributed by atoms with E-state index in [1.54, 1.807) is 4.90 Å². The summed E-state index contributed by atoms with van der Waals surface area (Å²) in [6, 6.07) is 14.4. The van der Waals surface area contributed by atoms with E-state index in [0.717, 1.165) is 51.3 Å². The summed E-state index contributed by atoms with van der Waals surface area (Å²) >= 11 is 0. The topological polar surface area (TPSA) is 65.5 Å². The van der Waals surface area contributed by atoms with Crippen molar-refractivity contribution < 1.29 is 19.4 Å². The zero-order valence-corrected chi connectivity index (χ0v) is 20.0. The molecule has 34 heavy (non-hydrogen) atoms. The van der Waals surface area contributed by atoms with Gasteiger partial charge in [0.25, 0.3) is 5.91 Å². The van der Waals surface area contributed by atoms with Crippen molar-refractivity contribution in [1.29, 1.82) is 0 Å². The molecule has 1 N–H and O–H groups in total. The minimum atomic E-state index is -0.599. The van der Waals surface area contributed by atoms with E-state index in [4.69, 9.17) is 9.47 Å². The average Bonchev–Trinajstić information content (AvgIpc) is 2.97. The van der Waals surface area contributed by atoms with Crippen LogP contribution in [0.5, 0.6) is 5.75 Å². The first kappa shape index (κ1) is 23.3. The predicted molar refractivity (Wildman–Crippen MR) is 130 cm³/mol. The van der Waals surface area contributed by atoms with Gasteiger partial charge in [-0.2, -0.15) is 0 Å². The average molecular weight is 466 g/mol. The van der Waals surface area contributed by atoms with Crippen LogP contribution in [0.25, 0.3) is 0 Å². The molecule has 182 valence electrons. The van der Waals surface area contributed by atoms with Gasteiger partial charge in [-0.1, -0.05) is 30.3 Å². The first-order valence-corrected chi connectivity index (χ1v) is 12.4. The summed E-state index contributed by atoms with van der Waals surface area (Å²) in [5.41, 5.74) is 4.44. The van der Waals surface area contributed by atoms with E-state index in [1.807, 2.05) is 18.2 Å². The van der Waals surface area contributed by atoms with Gasteiger partial charge in [0.2, 0.25) is 0 Å². The molecule has 3 aliphatic rings. The second-order valence-corrected chi connectivity index (χ2v) is 9.75. The van der Waals surface area contributed by atoms with E-state index < -0.39 is 6.10 Å². The third kappa shape index (κ3) is 5.44. The number of hydrogen-bond donors (Lipinski definition) is 1. The summed E-state index contributed by atoms with van der Waals surface area (Å²) in [5, 5.41) is 10.8. The van der Waals surface area contributed by atoms with Crippen molar-refractivity contribution in [3.05, 3.63) is 64.7 Å². The van der Waals surface area contributed by atoms with Crippen molar-refractivity contribution in [2.75, 3.05) is 52.5 Å². The lowest BCUT2D eigenvalue weighted by Crippen LogP contribution is -2.44. The largest absolute Gasteiger partial charge is 0.491 e. The SMILES string of the molecule is CC1CN(Cc2ccc3c(c2)OCCN(CC(O)CN2CCc4ccccc4C2)C3=O)CCO1. The molecule has 5 rings (SSSR count). The van der Waals surface area contributed by atoms with Gasteiger partial charge in [-0.25, -0.2) is 0 Å². The second kappa shape index (κ2) is 10.4. The minimum absolute atomic E-state index is 0.0675. The third-order valence-corrected chi connectivity index (χ3v) is 7.02. The van der Waals surface area contributed by atoms with Crippen molar-refractivity contribution >= 4 is 5.91 Å². The van der Waals surface area contributed by atoms with E-state index in [9.17, 15) is 9.90 Å².